The number of carboxylic acid groups (broad SMARTS) is 2. The second-order valence-electron chi connectivity index (χ2n) is 17.2. The Morgan fingerprint density at radius 3 is 1.73 bits per heavy atom. The molecule has 32 heteroatoms. The van der Waals surface area contributed by atoms with Gasteiger partial charge in [-0.05, 0) is 30.3 Å². The quantitative estimate of drug-likeness (QED) is 0.0426. The molecule has 4 aliphatic rings. The highest BCUT2D eigenvalue weighted by atomic mass is 32.2. The lowest BCUT2D eigenvalue weighted by Crippen LogP contribution is -2.63. The Labute approximate surface area is 435 Å². The number of aliphatic carboxylic acids is 2. The molecule has 4 aliphatic heterocycles. The Balaban J connectivity index is 1.40. The predicted octanol–water partition coefficient (Wildman–Crippen LogP) is -0.701. The van der Waals surface area contributed by atoms with Gasteiger partial charge in [0.15, 0.2) is 70.1 Å². The normalized spacial score (nSPS) is 23.4. The van der Waals surface area contributed by atoms with Crippen LogP contribution in [0.1, 0.15) is 59.8 Å². The Kier molecular flexibility index (Phi) is 14.2. The van der Waals surface area contributed by atoms with Gasteiger partial charge in [0.1, 0.15) is 24.0 Å². The molecule has 1 fully saturated rings. The number of phenolic OH excluding ortho intramolecular Hbond substituents is 11. The van der Waals surface area contributed by atoms with Crippen molar-refractivity contribution in [3.63, 3.8) is 0 Å². The zero-order valence-electron chi connectivity index (χ0n) is 38.8. The number of carbonyl (C=O) groups excluding carboxylic acids is 7. The maximum absolute atomic E-state index is 15.3. The first-order valence-corrected chi connectivity index (χ1v) is 23.0. The minimum Gasteiger partial charge on any atom is -0.504 e. The fourth-order valence-electron chi connectivity index (χ4n) is 8.84. The summed E-state index contributed by atoms with van der Waals surface area (Å²) in [4.78, 5) is 124. The van der Waals surface area contributed by atoms with Gasteiger partial charge in [-0.25, -0.2) is 28.8 Å². The van der Waals surface area contributed by atoms with E-state index in [1.54, 1.807) is 0 Å². The summed E-state index contributed by atoms with van der Waals surface area (Å²) in [6, 6.07) is 0.165. The summed E-state index contributed by atoms with van der Waals surface area (Å²) in [5.41, 5.74) is -7.72. The van der Waals surface area contributed by atoms with Gasteiger partial charge in [0.25, 0.3) is 0 Å². The first kappa shape index (κ1) is 54.4. The van der Waals surface area contributed by atoms with Crippen LogP contribution in [0.3, 0.4) is 0 Å². The van der Waals surface area contributed by atoms with Gasteiger partial charge in [0, 0.05) is 35.3 Å². The number of cyclic esters (lactones) is 1. The standard InChI is InChI=1S/C46H37NO30S/c1-9(48)47-14(38(61)62)8-78-37(39(63)64)25-24-23-13(6-19(53)29(57)34(23)74-45(70)32(24)60)43(68)76-36-35-33(73-44(25)69)20(72-46(36)77-40(65)10-2-15(49)26(54)16(50)3-10)7-71-41(66)11-4-17(51)27(55)30(58)21(11)22-12(42(67)75-35)5-18(52)28(56)31(22)59/h2-6,14,20,24-25,32-33,35-37,46,49-60H,7-8H2,1H3,(H,47,48)(H,61,62)(H,63,64)/t14?,20-,24-,25-,32+,33-,35-,36-,37+,46+/m1/s1. The Morgan fingerprint density at radius 2 is 1.17 bits per heavy atom. The molecule has 1 unspecified atom stereocenters. The lowest BCUT2D eigenvalue weighted by Gasteiger charge is -2.44. The fraction of sp³-hybridized carbons (Fsp3) is 0.283. The Morgan fingerprint density at radius 1 is 0.641 bits per heavy atom. The summed E-state index contributed by atoms with van der Waals surface area (Å²) in [7, 11) is 0. The molecule has 0 saturated carbocycles. The van der Waals surface area contributed by atoms with Gasteiger partial charge in [0.05, 0.1) is 28.2 Å². The average Bonchev–Trinajstić information content (AvgIpc) is 3.62. The summed E-state index contributed by atoms with van der Waals surface area (Å²) in [6.07, 6.45) is -15.9. The molecule has 1 saturated heterocycles. The van der Waals surface area contributed by atoms with E-state index in [2.05, 4.69) is 0 Å². The van der Waals surface area contributed by atoms with Crippen molar-refractivity contribution in [2.45, 2.75) is 60.9 Å². The number of benzene rings is 4. The third-order valence-corrected chi connectivity index (χ3v) is 13.8. The highest BCUT2D eigenvalue weighted by Gasteiger charge is 2.59. The lowest BCUT2D eigenvalue weighted by atomic mass is 9.76. The molecule has 412 valence electrons. The Hall–Kier alpha value is -9.82. The van der Waals surface area contributed by atoms with E-state index in [0.29, 0.717) is 30.3 Å². The topological polar surface area (TPSA) is 513 Å². The number of ether oxygens (including phenoxy) is 7. The molecule has 31 nitrogen and oxygen atoms in total. The van der Waals surface area contributed by atoms with Gasteiger partial charge in [-0.1, -0.05) is 0 Å². The summed E-state index contributed by atoms with van der Waals surface area (Å²) < 4.78 is 39.3. The molecule has 0 aliphatic carbocycles. The number of phenols is 11. The molecule has 8 rings (SSSR count). The molecule has 0 radical (unpaired) electrons. The van der Waals surface area contributed by atoms with E-state index >= 15 is 4.79 Å². The molecule has 4 heterocycles. The smallest absolute Gasteiger partial charge is 0.341 e. The maximum Gasteiger partial charge on any atom is 0.341 e. The van der Waals surface area contributed by atoms with E-state index in [1.165, 1.54) is 0 Å². The van der Waals surface area contributed by atoms with Crippen LogP contribution in [-0.4, -0.2) is 186 Å². The minimum atomic E-state index is -2.80. The summed E-state index contributed by atoms with van der Waals surface area (Å²) in [6.45, 7) is -0.537. The van der Waals surface area contributed by atoms with Crippen LogP contribution >= 0.6 is 11.8 Å². The molecule has 0 aromatic heterocycles. The first-order chi connectivity index (χ1) is 36.6. The second-order valence-corrected chi connectivity index (χ2v) is 18.4. The number of aliphatic hydroxyl groups excluding tert-OH is 1. The molecular weight excluding hydrogens is 1080 g/mol. The lowest BCUT2D eigenvalue weighted by molar-refractivity contribution is -0.287. The van der Waals surface area contributed by atoms with Gasteiger partial charge >= 0.3 is 47.8 Å². The number of nitrogens with one attached hydrogen (secondary N) is 1. The Bertz CT molecular complexity index is 3280. The largest absolute Gasteiger partial charge is 0.504 e. The average molecular weight is 1120 g/mol. The zero-order valence-corrected chi connectivity index (χ0v) is 39.6. The van der Waals surface area contributed by atoms with Crippen LogP contribution < -0.4 is 10.1 Å². The van der Waals surface area contributed by atoms with Crippen molar-refractivity contribution < 1.29 is 148 Å². The van der Waals surface area contributed by atoms with Crippen LogP contribution in [0.4, 0.5) is 0 Å². The molecule has 4 aromatic rings. The number of amides is 1. The second kappa shape index (κ2) is 20.4. The highest BCUT2D eigenvalue weighted by Crippen LogP contribution is 2.55. The van der Waals surface area contributed by atoms with Gasteiger partial charge in [-0.15, -0.1) is 11.8 Å². The summed E-state index contributed by atoms with van der Waals surface area (Å²) in [5.74, 6) is -38.1. The molecule has 0 spiro atoms. The molecule has 4 bridgehead atoms. The number of hydrogen-bond acceptors (Lipinski definition) is 29. The summed E-state index contributed by atoms with van der Waals surface area (Å²) >= 11 is 0.0432. The SMILES string of the molecule is CC(=O)NC(CS[C@H](C(=O)O)[C@@H]1C(=O)O[C@H]2[C@H]3OC(=O)c4cc(O)c(O)c(O)c4-c4c(cc(O)c(O)c4O)C(=O)OC[C@H]2O[C@@H](OC(=O)c2cc(O)c(O)c(O)c2)[C@@H]3OC(=O)c2cc(O)c(O)c3c2[C@H]1[C@H](O)C(=O)O3)C(=O)O. The molecule has 15 N–H and O–H groups in total. The fourth-order valence-corrected chi connectivity index (χ4v) is 10.1. The van der Waals surface area contributed by atoms with Crippen molar-refractivity contribution in [3.05, 3.63) is 58.1 Å². The van der Waals surface area contributed by atoms with Crippen LogP contribution in [0.15, 0.2) is 30.3 Å². The van der Waals surface area contributed by atoms with Gasteiger partial charge in [-0.2, -0.15) is 0 Å². The van der Waals surface area contributed by atoms with Crippen molar-refractivity contribution in [2.24, 2.45) is 5.92 Å². The van der Waals surface area contributed by atoms with Gasteiger partial charge in [-0.3, -0.25) is 14.4 Å². The molecule has 1 amide bonds. The van der Waals surface area contributed by atoms with E-state index in [1.807, 2.05) is 5.32 Å². The first-order valence-electron chi connectivity index (χ1n) is 21.9. The third kappa shape index (κ3) is 9.48. The van der Waals surface area contributed by atoms with E-state index < -0.39 is 234 Å². The third-order valence-electron chi connectivity index (χ3n) is 12.4. The van der Waals surface area contributed by atoms with Crippen molar-refractivity contribution in [1.29, 1.82) is 0 Å². The van der Waals surface area contributed by atoms with E-state index in [0.717, 1.165) is 6.92 Å². The van der Waals surface area contributed by atoms with Crippen LogP contribution in [0.25, 0.3) is 11.1 Å². The number of aromatic hydroxyl groups is 11. The number of carbonyl (C=O) groups is 9. The molecular formula is C46H37NO30S. The van der Waals surface area contributed by atoms with E-state index in [-0.39, 0.29) is 11.8 Å². The maximum atomic E-state index is 15.3. The number of rotatable bonds is 9. The molecule has 4 aromatic carbocycles. The van der Waals surface area contributed by atoms with Gasteiger partial charge < -0.3 is 110 Å². The number of aliphatic hydroxyl groups is 1. The van der Waals surface area contributed by atoms with Crippen LogP contribution in [0, 0.1) is 5.92 Å². The molecule has 10 atom stereocenters. The molecule has 78 heavy (non-hydrogen) atoms. The minimum absolute atomic E-state index is 0.0432. The summed E-state index contributed by atoms with van der Waals surface area (Å²) in [5, 5.41) is 149. The van der Waals surface area contributed by atoms with Crippen molar-refractivity contribution >= 4 is 65.4 Å². The van der Waals surface area contributed by atoms with Crippen LogP contribution in [0.5, 0.6) is 69.0 Å². The predicted molar refractivity (Wildman–Crippen MR) is 243 cm³/mol. The number of hydrogen-bond donors (Lipinski definition) is 15. The monoisotopic (exact) mass is 1120 g/mol. The number of thioether (sulfide) groups is 1. The van der Waals surface area contributed by atoms with Crippen molar-refractivity contribution in [3.8, 4) is 80.1 Å². The van der Waals surface area contributed by atoms with Crippen molar-refractivity contribution in [2.75, 3.05) is 12.4 Å². The number of fused-ring (bicyclic) bond motifs is 3. The van der Waals surface area contributed by atoms with Crippen LogP contribution in [0.2, 0.25) is 0 Å². The highest BCUT2D eigenvalue weighted by molar-refractivity contribution is 8.00. The van der Waals surface area contributed by atoms with E-state index in [9.17, 15) is 110 Å². The van der Waals surface area contributed by atoms with Crippen molar-refractivity contribution in [1.82, 2.24) is 5.32 Å². The van der Waals surface area contributed by atoms with Crippen LogP contribution in [-0.2, 0) is 52.4 Å². The van der Waals surface area contributed by atoms with E-state index in [4.69, 9.17) is 33.2 Å². The number of esters is 6. The number of carboxylic acids is 2. The zero-order chi connectivity index (χ0) is 57.3. The van der Waals surface area contributed by atoms with Gasteiger partial charge in [0.2, 0.25) is 35.5 Å².